The Morgan fingerprint density at radius 2 is 1.95 bits per heavy atom. The van der Waals surface area contributed by atoms with E-state index in [9.17, 15) is 0 Å². The summed E-state index contributed by atoms with van der Waals surface area (Å²) in [5.41, 5.74) is 1.28. The van der Waals surface area contributed by atoms with Crippen LogP contribution in [0.25, 0.3) is 0 Å². The Morgan fingerprint density at radius 1 is 1.25 bits per heavy atom. The quantitative estimate of drug-likeness (QED) is 0.725. The zero-order valence-corrected chi connectivity index (χ0v) is 14.3. The first-order valence-corrected chi connectivity index (χ1v) is 8.79. The molecule has 0 aliphatic rings. The van der Waals surface area contributed by atoms with Crippen molar-refractivity contribution in [3.05, 3.63) is 29.8 Å². The molecule has 0 atom stereocenters. The lowest BCUT2D eigenvalue weighted by molar-refractivity contribution is 0.242. The van der Waals surface area contributed by atoms with Gasteiger partial charge >= 0.3 is 0 Å². The van der Waals surface area contributed by atoms with Crippen LogP contribution in [0.5, 0.6) is 5.75 Å². The third-order valence-electron chi connectivity index (χ3n) is 3.77. The van der Waals surface area contributed by atoms with Gasteiger partial charge in [-0.15, -0.1) is 0 Å². The Hall–Kier alpha value is -0.670. The van der Waals surface area contributed by atoms with E-state index in [1.807, 2.05) is 17.8 Å². The number of hydrogen-bond acceptors (Lipinski definition) is 3. The zero-order chi connectivity index (χ0) is 15.0. The molecule has 2 nitrogen and oxygen atoms in total. The monoisotopic (exact) mass is 295 g/mol. The topological polar surface area (TPSA) is 21.3 Å². The van der Waals surface area contributed by atoms with Gasteiger partial charge in [-0.1, -0.05) is 26.0 Å². The highest BCUT2D eigenvalue weighted by Crippen LogP contribution is 2.29. The average molecular weight is 295 g/mol. The van der Waals surface area contributed by atoms with E-state index < -0.39 is 0 Å². The van der Waals surface area contributed by atoms with Crippen LogP contribution in [0.3, 0.4) is 0 Å². The number of thioether (sulfide) groups is 1. The average Bonchev–Trinajstić information content (AvgIpc) is 2.44. The lowest BCUT2D eigenvalue weighted by Gasteiger charge is -2.30. The molecule has 1 N–H and O–H groups in total. The molecule has 0 aliphatic heterocycles. The molecule has 0 saturated carbocycles. The van der Waals surface area contributed by atoms with E-state index in [-0.39, 0.29) is 6.10 Å². The maximum absolute atomic E-state index is 5.73. The molecule has 0 heterocycles. The Bertz CT molecular complexity index is 380. The SMILES string of the molecule is CCC(CC)(CNCc1cccc(OC(C)C)c1)SC. The van der Waals surface area contributed by atoms with Crippen molar-refractivity contribution in [2.24, 2.45) is 0 Å². The van der Waals surface area contributed by atoms with Gasteiger partial charge in [-0.05, 0) is 50.6 Å². The first-order valence-electron chi connectivity index (χ1n) is 7.56. The highest BCUT2D eigenvalue weighted by atomic mass is 32.2. The summed E-state index contributed by atoms with van der Waals surface area (Å²) in [6.45, 7) is 10.6. The molecule has 1 aromatic rings. The first kappa shape index (κ1) is 17.4. The Labute approximate surface area is 128 Å². The van der Waals surface area contributed by atoms with Gasteiger partial charge in [0.15, 0.2) is 0 Å². The third kappa shape index (κ3) is 5.37. The van der Waals surface area contributed by atoms with E-state index >= 15 is 0 Å². The molecular formula is C17H29NOS. The number of hydrogen-bond donors (Lipinski definition) is 1. The summed E-state index contributed by atoms with van der Waals surface area (Å²) in [5, 5.41) is 3.60. The van der Waals surface area contributed by atoms with Gasteiger partial charge in [0.05, 0.1) is 6.10 Å². The molecular weight excluding hydrogens is 266 g/mol. The van der Waals surface area contributed by atoms with Crippen molar-refractivity contribution < 1.29 is 4.74 Å². The van der Waals surface area contributed by atoms with E-state index in [0.717, 1.165) is 18.8 Å². The maximum Gasteiger partial charge on any atom is 0.120 e. The number of rotatable bonds is 9. The molecule has 114 valence electrons. The van der Waals surface area contributed by atoms with Crippen molar-refractivity contribution >= 4 is 11.8 Å². The summed E-state index contributed by atoms with van der Waals surface area (Å²) in [4.78, 5) is 0. The molecule has 0 unspecified atom stereocenters. The summed E-state index contributed by atoms with van der Waals surface area (Å²) in [5.74, 6) is 0.960. The van der Waals surface area contributed by atoms with Crippen LogP contribution in [0.2, 0.25) is 0 Å². The fourth-order valence-corrected chi connectivity index (χ4v) is 3.12. The van der Waals surface area contributed by atoms with Gasteiger partial charge in [-0.3, -0.25) is 0 Å². The van der Waals surface area contributed by atoms with Crippen LogP contribution in [0.15, 0.2) is 24.3 Å². The van der Waals surface area contributed by atoms with Gasteiger partial charge < -0.3 is 10.1 Å². The van der Waals surface area contributed by atoms with Crippen LogP contribution in [0.4, 0.5) is 0 Å². The minimum Gasteiger partial charge on any atom is -0.491 e. The van der Waals surface area contributed by atoms with E-state index in [1.54, 1.807) is 0 Å². The summed E-state index contributed by atoms with van der Waals surface area (Å²) < 4.78 is 6.10. The Morgan fingerprint density at radius 3 is 2.50 bits per heavy atom. The molecule has 0 aromatic heterocycles. The summed E-state index contributed by atoms with van der Waals surface area (Å²) in [6.07, 6.45) is 4.84. The number of ether oxygens (including phenoxy) is 1. The minimum atomic E-state index is 0.225. The first-order chi connectivity index (χ1) is 9.55. The molecule has 0 bridgehead atoms. The van der Waals surface area contributed by atoms with Crippen molar-refractivity contribution in [2.45, 2.75) is 57.9 Å². The van der Waals surface area contributed by atoms with Crippen LogP contribution in [-0.2, 0) is 6.54 Å². The second-order valence-corrected chi connectivity index (χ2v) is 6.79. The summed E-state index contributed by atoms with van der Waals surface area (Å²) in [7, 11) is 0. The molecule has 0 radical (unpaired) electrons. The van der Waals surface area contributed by atoms with E-state index in [0.29, 0.717) is 4.75 Å². The normalized spacial score (nSPS) is 11.9. The smallest absolute Gasteiger partial charge is 0.120 e. The second-order valence-electron chi connectivity index (χ2n) is 5.51. The van der Waals surface area contributed by atoms with Crippen LogP contribution in [0.1, 0.15) is 46.1 Å². The molecule has 0 spiro atoms. The third-order valence-corrected chi connectivity index (χ3v) is 5.36. The minimum absolute atomic E-state index is 0.225. The van der Waals surface area contributed by atoms with Crippen LogP contribution < -0.4 is 10.1 Å². The predicted molar refractivity (Wildman–Crippen MR) is 90.7 cm³/mol. The fourth-order valence-electron chi connectivity index (χ4n) is 2.30. The maximum atomic E-state index is 5.73. The van der Waals surface area contributed by atoms with Crippen molar-refractivity contribution in [1.29, 1.82) is 0 Å². The second kappa shape index (κ2) is 8.58. The van der Waals surface area contributed by atoms with Gasteiger partial charge in [0, 0.05) is 17.8 Å². The lowest BCUT2D eigenvalue weighted by Crippen LogP contribution is -2.36. The van der Waals surface area contributed by atoms with E-state index in [1.165, 1.54) is 18.4 Å². The predicted octanol–water partition coefficient (Wildman–Crippen LogP) is 4.49. The molecule has 0 amide bonds. The van der Waals surface area contributed by atoms with E-state index in [4.69, 9.17) is 4.74 Å². The Kier molecular flexibility index (Phi) is 7.46. The van der Waals surface area contributed by atoms with Crippen molar-refractivity contribution in [3.8, 4) is 5.75 Å². The number of benzene rings is 1. The highest BCUT2D eigenvalue weighted by molar-refractivity contribution is 8.00. The van der Waals surface area contributed by atoms with Crippen LogP contribution >= 0.6 is 11.8 Å². The molecule has 1 aromatic carbocycles. The molecule has 20 heavy (non-hydrogen) atoms. The van der Waals surface area contributed by atoms with Gasteiger partial charge in [-0.2, -0.15) is 11.8 Å². The van der Waals surface area contributed by atoms with Crippen LogP contribution in [-0.4, -0.2) is 23.7 Å². The fraction of sp³-hybridized carbons (Fsp3) is 0.647. The van der Waals surface area contributed by atoms with Crippen molar-refractivity contribution in [3.63, 3.8) is 0 Å². The molecule has 0 aliphatic carbocycles. The molecule has 0 saturated heterocycles. The summed E-state index contributed by atoms with van der Waals surface area (Å²) >= 11 is 1.98. The van der Waals surface area contributed by atoms with E-state index in [2.05, 4.69) is 57.5 Å². The van der Waals surface area contributed by atoms with Crippen LogP contribution in [0, 0.1) is 0 Å². The van der Waals surface area contributed by atoms with Crippen molar-refractivity contribution in [1.82, 2.24) is 5.32 Å². The molecule has 0 fully saturated rings. The van der Waals surface area contributed by atoms with Gasteiger partial charge in [0.2, 0.25) is 0 Å². The zero-order valence-electron chi connectivity index (χ0n) is 13.5. The van der Waals surface area contributed by atoms with Gasteiger partial charge in [0.25, 0.3) is 0 Å². The lowest BCUT2D eigenvalue weighted by atomic mass is 10.0. The number of nitrogens with one attached hydrogen (secondary N) is 1. The summed E-state index contributed by atoms with van der Waals surface area (Å²) in [6, 6.07) is 8.37. The van der Waals surface area contributed by atoms with Crippen molar-refractivity contribution in [2.75, 3.05) is 12.8 Å². The Balaban J connectivity index is 2.53. The van der Waals surface area contributed by atoms with Gasteiger partial charge in [-0.25, -0.2) is 0 Å². The molecule has 3 heteroatoms. The van der Waals surface area contributed by atoms with Gasteiger partial charge in [0.1, 0.15) is 5.75 Å². The highest BCUT2D eigenvalue weighted by Gasteiger charge is 2.23. The largest absolute Gasteiger partial charge is 0.491 e. The standard InChI is InChI=1S/C17H29NOS/c1-6-17(7-2,20-5)13-18-12-15-9-8-10-16(11-15)19-14(3)4/h8-11,14,18H,6-7,12-13H2,1-5H3. The molecule has 1 rings (SSSR count).